The van der Waals surface area contributed by atoms with E-state index in [1.807, 2.05) is 44.2 Å². The van der Waals surface area contributed by atoms with E-state index in [4.69, 9.17) is 14.2 Å². The van der Waals surface area contributed by atoms with Crippen molar-refractivity contribution in [1.82, 2.24) is 4.90 Å². The summed E-state index contributed by atoms with van der Waals surface area (Å²) in [6, 6.07) is 13.2. The van der Waals surface area contributed by atoms with E-state index in [0.717, 1.165) is 22.1 Å². The van der Waals surface area contributed by atoms with E-state index < -0.39 is 37.3 Å². The second-order valence-electron chi connectivity index (χ2n) is 12.2. The fourth-order valence-corrected chi connectivity index (χ4v) is 10.9. The van der Waals surface area contributed by atoms with Crippen molar-refractivity contribution in [2.75, 3.05) is 19.5 Å². The van der Waals surface area contributed by atoms with Gasteiger partial charge in [0.05, 0.1) is 28.7 Å². The van der Waals surface area contributed by atoms with Crippen LogP contribution in [-0.2, 0) is 24.6 Å². The van der Waals surface area contributed by atoms with Crippen molar-refractivity contribution < 1.29 is 28.6 Å². The first-order valence-electron chi connectivity index (χ1n) is 13.3. The van der Waals surface area contributed by atoms with Gasteiger partial charge in [0.2, 0.25) is 0 Å². The SMILES string of the molecule is COC(=O)C[C@H]1[C@H]([Si](C)(C)c2ccc(OC)cc2)[C@@H](C)[C@]2(C(=O)Nc3ccc(C)cc32)N1C(=O)OC(C)(C)C. The van der Waals surface area contributed by atoms with Crippen molar-refractivity contribution >= 4 is 36.9 Å². The minimum absolute atomic E-state index is 0.0481. The molecule has 2 aromatic carbocycles. The van der Waals surface area contributed by atoms with E-state index in [2.05, 4.69) is 30.5 Å². The molecule has 0 aromatic heterocycles. The van der Waals surface area contributed by atoms with Crippen LogP contribution in [0.5, 0.6) is 5.75 Å². The Kier molecular flexibility index (Phi) is 7.36. The number of nitrogens with one attached hydrogen (secondary N) is 1. The molecule has 8 nitrogen and oxygen atoms in total. The van der Waals surface area contributed by atoms with Crippen LogP contribution in [0.4, 0.5) is 10.5 Å². The number of carbonyl (C=O) groups excluding carboxylic acids is 3. The summed E-state index contributed by atoms with van der Waals surface area (Å²) in [6.07, 6.45) is -0.664. The Morgan fingerprint density at radius 3 is 2.28 bits per heavy atom. The van der Waals surface area contributed by atoms with Crippen LogP contribution in [0.1, 0.15) is 45.2 Å². The monoisotopic (exact) mass is 552 g/mol. The molecule has 0 radical (unpaired) electrons. The van der Waals surface area contributed by atoms with E-state index in [9.17, 15) is 14.4 Å². The van der Waals surface area contributed by atoms with Crippen molar-refractivity contribution in [3.05, 3.63) is 53.6 Å². The standard InChI is InChI=1S/C30H40N2O6Si/c1-18-10-15-23-22(16-18)30(27(34)31-23)19(2)26(39(8,9)21-13-11-20(36-6)12-14-21)24(17-25(33)37-7)32(30)28(35)38-29(3,4)5/h10-16,19,24,26H,17H2,1-9H3,(H,31,34)/t19-,24+,26-,30+/m1/s1. The summed E-state index contributed by atoms with van der Waals surface area (Å²) in [5.74, 6) is -0.296. The van der Waals surface area contributed by atoms with E-state index in [1.54, 1.807) is 32.8 Å². The number of aryl methyl sites for hydroxylation is 1. The molecule has 2 aliphatic rings. The highest BCUT2D eigenvalue weighted by molar-refractivity contribution is 6.91. The van der Waals surface area contributed by atoms with Crippen molar-refractivity contribution in [2.45, 2.75) is 76.9 Å². The highest BCUT2D eigenvalue weighted by Gasteiger charge is 2.69. The van der Waals surface area contributed by atoms with Gasteiger partial charge in [-0.2, -0.15) is 0 Å². The smallest absolute Gasteiger partial charge is 0.411 e. The van der Waals surface area contributed by atoms with Gasteiger partial charge < -0.3 is 19.5 Å². The first-order valence-corrected chi connectivity index (χ1v) is 16.4. The molecule has 2 aromatic rings. The highest BCUT2D eigenvalue weighted by atomic mass is 28.3. The van der Waals surface area contributed by atoms with Gasteiger partial charge in [-0.05, 0) is 57.4 Å². The van der Waals surface area contributed by atoms with Gasteiger partial charge in [-0.1, -0.05) is 55.0 Å². The predicted molar refractivity (Wildman–Crippen MR) is 153 cm³/mol. The molecular weight excluding hydrogens is 512 g/mol. The number of methoxy groups -OCH3 is 2. The number of esters is 1. The lowest BCUT2D eigenvalue weighted by molar-refractivity contribution is -0.142. The van der Waals surface area contributed by atoms with Gasteiger partial charge in [0.1, 0.15) is 11.4 Å². The number of anilines is 1. The maximum atomic E-state index is 14.2. The minimum Gasteiger partial charge on any atom is -0.497 e. The topological polar surface area (TPSA) is 94.2 Å². The molecule has 1 spiro atoms. The number of ether oxygens (including phenoxy) is 3. The van der Waals surface area contributed by atoms with Crippen LogP contribution in [0.15, 0.2) is 42.5 Å². The first kappa shape index (κ1) is 28.7. The van der Waals surface area contributed by atoms with E-state index in [1.165, 1.54) is 7.11 Å². The van der Waals surface area contributed by atoms with Gasteiger partial charge in [-0.15, -0.1) is 0 Å². The van der Waals surface area contributed by atoms with Crippen LogP contribution < -0.4 is 15.2 Å². The number of fused-ring (bicyclic) bond motifs is 2. The molecule has 4 rings (SSSR count). The zero-order valence-electron chi connectivity index (χ0n) is 24.4. The number of rotatable bonds is 5. The van der Waals surface area contributed by atoms with Gasteiger partial charge in [-0.3, -0.25) is 14.5 Å². The Bertz CT molecular complexity index is 1290. The lowest BCUT2D eigenvalue weighted by Crippen LogP contribution is -2.56. The molecule has 0 unspecified atom stereocenters. The Labute approximate surface area is 232 Å². The molecule has 1 saturated heterocycles. The van der Waals surface area contributed by atoms with Crippen LogP contribution in [0.25, 0.3) is 0 Å². The zero-order valence-corrected chi connectivity index (χ0v) is 25.4. The van der Waals surface area contributed by atoms with Gasteiger partial charge in [0.15, 0.2) is 5.54 Å². The van der Waals surface area contributed by atoms with Crippen LogP contribution in [0.2, 0.25) is 18.6 Å². The lowest BCUT2D eigenvalue weighted by atomic mass is 9.80. The summed E-state index contributed by atoms with van der Waals surface area (Å²) in [4.78, 5) is 42.8. The fraction of sp³-hybridized carbons (Fsp3) is 0.500. The summed E-state index contributed by atoms with van der Waals surface area (Å²) >= 11 is 0. The molecule has 1 N–H and O–H groups in total. The maximum Gasteiger partial charge on any atom is 0.411 e. The maximum absolute atomic E-state index is 14.2. The summed E-state index contributed by atoms with van der Waals surface area (Å²) < 4.78 is 16.5. The van der Waals surface area contributed by atoms with Gasteiger partial charge >= 0.3 is 12.1 Å². The molecule has 0 bridgehead atoms. The molecule has 2 heterocycles. The number of hydrogen-bond donors (Lipinski definition) is 1. The Balaban J connectivity index is 1.99. The van der Waals surface area contributed by atoms with Crippen molar-refractivity contribution in [3.8, 4) is 5.75 Å². The van der Waals surface area contributed by atoms with Crippen LogP contribution in [0, 0.1) is 12.8 Å². The molecule has 0 saturated carbocycles. The van der Waals surface area contributed by atoms with Crippen LogP contribution in [-0.4, -0.2) is 56.8 Å². The normalized spacial score (nSPS) is 24.4. The number of benzene rings is 2. The first-order chi connectivity index (χ1) is 18.2. The van der Waals surface area contributed by atoms with Gasteiger partial charge in [0.25, 0.3) is 5.91 Å². The van der Waals surface area contributed by atoms with Crippen molar-refractivity contribution in [3.63, 3.8) is 0 Å². The van der Waals surface area contributed by atoms with Crippen LogP contribution in [0.3, 0.4) is 0 Å². The Morgan fingerprint density at radius 1 is 1.08 bits per heavy atom. The Morgan fingerprint density at radius 2 is 1.72 bits per heavy atom. The van der Waals surface area contributed by atoms with Gasteiger partial charge in [-0.25, -0.2) is 4.79 Å². The number of amides is 2. The third-order valence-electron chi connectivity index (χ3n) is 8.36. The third-order valence-corrected chi connectivity index (χ3v) is 12.7. The largest absolute Gasteiger partial charge is 0.497 e. The zero-order chi connectivity index (χ0) is 28.9. The fourth-order valence-electron chi connectivity index (χ4n) is 6.73. The molecule has 39 heavy (non-hydrogen) atoms. The molecule has 2 aliphatic heterocycles. The summed E-state index contributed by atoms with van der Waals surface area (Å²) in [5, 5.41) is 4.18. The molecule has 1 fully saturated rings. The van der Waals surface area contributed by atoms with E-state index in [0.29, 0.717) is 5.69 Å². The Hall–Kier alpha value is -3.33. The minimum atomic E-state index is -2.48. The number of hydrogen-bond acceptors (Lipinski definition) is 6. The second-order valence-corrected chi connectivity index (χ2v) is 16.9. The van der Waals surface area contributed by atoms with Crippen molar-refractivity contribution in [2.24, 2.45) is 5.92 Å². The van der Waals surface area contributed by atoms with Gasteiger partial charge in [0, 0.05) is 17.3 Å². The number of carbonyl (C=O) groups is 3. The summed E-state index contributed by atoms with van der Waals surface area (Å²) in [6.45, 7) is 13.9. The van der Waals surface area contributed by atoms with Crippen molar-refractivity contribution in [1.29, 1.82) is 0 Å². The predicted octanol–water partition coefficient (Wildman–Crippen LogP) is 4.96. The summed E-state index contributed by atoms with van der Waals surface area (Å²) in [5.41, 5.74) is 0.0533. The molecule has 210 valence electrons. The summed E-state index contributed by atoms with van der Waals surface area (Å²) in [7, 11) is 0.487. The van der Waals surface area contributed by atoms with Crippen LogP contribution >= 0.6 is 0 Å². The lowest BCUT2D eigenvalue weighted by Gasteiger charge is -2.39. The molecular formula is C30H40N2O6Si. The third kappa shape index (κ3) is 4.71. The average molecular weight is 553 g/mol. The number of likely N-dealkylation sites (tertiary alicyclic amines) is 1. The quantitative estimate of drug-likeness (QED) is 0.417. The molecule has 0 aliphatic carbocycles. The molecule has 9 heteroatoms. The van der Waals surface area contributed by atoms with E-state index in [-0.39, 0.29) is 23.8 Å². The van der Waals surface area contributed by atoms with E-state index >= 15 is 0 Å². The second kappa shape index (κ2) is 10.0. The molecule has 2 amide bonds. The highest BCUT2D eigenvalue weighted by Crippen LogP contribution is 2.60. The average Bonchev–Trinajstić information content (AvgIpc) is 3.29. The number of nitrogens with zero attached hydrogens (tertiary/aromatic N) is 1. The molecule has 4 atom stereocenters.